The van der Waals surface area contributed by atoms with E-state index in [4.69, 9.17) is 33.3 Å². The lowest BCUT2D eigenvalue weighted by Gasteiger charge is -2.47. The summed E-state index contributed by atoms with van der Waals surface area (Å²) >= 11 is 12.8. The van der Waals surface area contributed by atoms with Crippen LogP contribution in [0.1, 0.15) is 108 Å². The maximum absolute atomic E-state index is 14.6. The fourth-order valence-electron chi connectivity index (χ4n) is 6.16. The Morgan fingerprint density at radius 3 is 2.09 bits per heavy atom. The average Bonchev–Trinajstić information content (AvgIpc) is 3.23. The lowest BCUT2D eigenvalue weighted by atomic mass is 9.84. The molecule has 250 valence electrons. The number of hydrogen-bond donors (Lipinski definition) is 2. The molecular weight excluding hydrogens is 623 g/mol. The van der Waals surface area contributed by atoms with Crippen molar-refractivity contribution in [2.24, 2.45) is 15.8 Å². The van der Waals surface area contributed by atoms with Crippen molar-refractivity contribution in [3.05, 3.63) is 69.2 Å². The molecule has 1 fully saturated rings. The van der Waals surface area contributed by atoms with Crippen molar-refractivity contribution >= 4 is 46.7 Å². The first-order chi connectivity index (χ1) is 21.5. The van der Waals surface area contributed by atoms with Crippen LogP contribution < -0.4 is 5.32 Å². The monoisotopic (exact) mass is 670 g/mol. The largest absolute Gasteiger partial charge is 0.481 e. The van der Waals surface area contributed by atoms with Crippen LogP contribution in [0, 0.1) is 10.8 Å². The minimum atomic E-state index is -0.969. The molecule has 1 spiro atoms. The van der Waals surface area contributed by atoms with Gasteiger partial charge in [0.25, 0.3) is 11.8 Å². The highest BCUT2D eigenvalue weighted by Gasteiger charge is 2.52. The van der Waals surface area contributed by atoms with Gasteiger partial charge in [-0.15, -0.1) is 0 Å². The standard InChI is InChI=1S/C36H48Cl2N4O4/c1-34(2,3)13-11-29(24-7-9-25(10-8-24)32(45)39-17-12-30(43)44)42-33(46)31(26-21-27(37)23-28(38)22-26)40-36(42)15-19-41(20-16-36)18-14-35(4,5)6/h7-10,21-23,29H,11-20H2,1-6H3,(H,39,45)(H,43,44)/t29-/m1/s1. The Kier molecular flexibility index (Phi) is 11.3. The number of hydrogen-bond acceptors (Lipinski definition) is 5. The molecule has 1 atom stereocenters. The SMILES string of the molecule is CC(C)(C)CC[C@H](c1ccc(C(=O)NCCC(=O)O)cc1)N1C(=O)C(c2cc(Cl)cc(Cl)c2)=NC12CCN(CCC(C)(C)C)CC2. The molecule has 0 radical (unpaired) electrons. The quantitative estimate of drug-likeness (QED) is 0.256. The van der Waals surface area contributed by atoms with E-state index in [1.54, 1.807) is 30.3 Å². The summed E-state index contributed by atoms with van der Waals surface area (Å²) in [6.07, 6.45) is 3.93. The van der Waals surface area contributed by atoms with Crippen LogP contribution in [-0.2, 0) is 9.59 Å². The number of carboxylic acids is 1. The Hall–Kier alpha value is -2.94. The Balaban J connectivity index is 1.71. The number of amides is 2. The summed E-state index contributed by atoms with van der Waals surface area (Å²) in [5.74, 6) is -1.45. The Morgan fingerprint density at radius 1 is 0.957 bits per heavy atom. The molecule has 2 aromatic carbocycles. The molecule has 4 rings (SSSR count). The number of nitrogens with one attached hydrogen (secondary N) is 1. The molecule has 1 saturated heterocycles. The zero-order valence-corrected chi connectivity index (χ0v) is 29.5. The van der Waals surface area contributed by atoms with Crippen molar-refractivity contribution in [2.45, 2.75) is 91.8 Å². The number of halogens is 2. The number of likely N-dealkylation sites (tertiary alicyclic amines) is 1. The van der Waals surface area contributed by atoms with Crippen molar-refractivity contribution in [3.63, 3.8) is 0 Å². The molecule has 0 saturated carbocycles. The summed E-state index contributed by atoms with van der Waals surface area (Å²) in [5.41, 5.74) is 1.89. The average molecular weight is 672 g/mol. The van der Waals surface area contributed by atoms with Gasteiger partial charge >= 0.3 is 5.97 Å². The van der Waals surface area contributed by atoms with Crippen molar-refractivity contribution in [1.82, 2.24) is 15.1 Å². The second-order valence-electron chi connectivity index (χ2n) is 15.1. The van der Waals surface area contributed by atoms with Crippen LogP contribution in [0.4, 0.5) is 0 Å². The molecule has 46 heavy (non-hydrogen) atoms. The molecule has 2 aliphatic rings. The van der Waals surface area contributed by atoms with E-state index in [0.717, 1.165) is 38.0 Å². The van der Waals surface area contributed by atoms with Gasteiger partial charge in [-0.1, -0.05) is 76.9 Å². The van der Waals surface area contributed by atoms with Crippen LogP contribution >= 0.6 is 23.2 Å². The summed E-state index contributed by atoms with van der Waals surface area (Å²) in [6.45, 7) is 16.1. The lowest BCUT2D eigenvalue weighted by Crippen LogP contribution is -2.55. The van der Waals surface area contributed by atoms with Crippen LogP contribution in [0.3, 0.4) is 0 Å². The van der Waals surface area contributed by atoms with Crippen molar-refractivity contribution in [1.29, 1.82) is 0 Å². The van der Waals surface area contributed by atoms with Gasteiger partial charge in [-0.25, -0.2) is 0 Å². The number of rotatable bonds is 11. The van der Waals surface area contributed by atoms with Crippen LogP contribution in [0.5, 0.6) is 0 Å². The molecule has 2 heterocycles. The number of benzene rings is 2. The zero-order valence-electron chi connectivity index (χ0n) is 28.0. The smallest absolute Gasteiger partial charge is 0.305 e. The Labute approximate surface area is 283 Å². The van der Waals surface area contributed by atoms with Crippen molar-refractivity contribution < 1.29 is 19.5 Å². The molecule has 2 amide bonds. The number of nitrogens with zero attached hydrogens (tertiary/aromatic N) is 3. The van der Waals surface area contributed by atoms with Crippen LogP contribution in [0.15, 0.2) is 47.5 Å². The number of piperidine rings is 1. The Morgan fingerprint density at radius 2 is 1.54 bits per heavy atom. The maximum Gasteiger partial charge on any atom is 0.305 e. The molecule has 0 unspecified atom stereocenters. The minimum absolute atomic E-state index is 0.0264. The highest BCUT2D eigenvalue weighted by atomic mass is 35.5. The first-order valence-electron chi connectivity index (χ1n) is 16.2. The molecule has 2 aliphatic heterocycles. The molecule has 8 nitrogen and oxygen atoms in total. The van der Waals surface area contributed by atoms with Gasteiger partial charge in [0.15, 0.2) is 0 Å². The normalized spacial score (nSPS) is 17.7. The predicted octanol–water partition coefficient (Wildman–Crippen LogP) is 7.63. The van der Waals surface area contributed by atoms with E-state index in [9.17, 15) is 14.4 Å². The van der Waals surface area contributed by atoms with Gasteiger partial charge in [-0.3, -0.25) is 19.4 Å². The molecule has 0 aromatic heterocycles. The minimum Gasteiger partial charge on any atom is -0.481 e. The number of carbonyl (C=O) groups excluding carboxylic acids is 2. The third kappa shape index (κ3) is 9.33. The van der Waals surface area contributed by atoms with E-state index in [1.165, 1.54) is 0 Å². The fourth-order valence-corrected chi connectivity index (χ4v) is 6.69. The summed E-state index contributed by atoms with van der Waals surface area (Å²) in [5, 5.41) is 12.5. The first kappa shape index (κ1) is 35.9. The molecule has 2 N–H and O–H groups in total. The van der Waals surface area contributed by atoms with Crippen LogP contribution in [0.25, 0.3) is 0 Å². The number of aliphatic carboxylic acids is 1. The van der Waals surface area contributed by atoms with Gasteiger partial charge in [-0.2, -0.15) is 0 Å². The zero-order chi connectivity index (χ0) is 33.9. The molecule has 0 aliphatic carbocycles. The second kappa shape index (κ2) is 14.4. The number of carbonyl (C=O) groups is 3. The molecule has 10 heteroatoms. The van der Waals surface area contributed by atoms with E-state index in [1.807, 2.05) is 17.0 Å². The third-order valence-corrected chi connectivity index (χ3v) is 9.26. The maximum atomic E-state index is 14.6. The van der Waals surface area contributed by atoms with Gasteiger partial charge in [0.2, 0.25) is 0 Å². The predicted molar refractivity (Wildman–Crippen MR) is 185 cm³/mol. The van der Waals surface area contributed by atoms with Crippen molar-refractivity contribution in [3.8, 4) is 0 Å². The fraction of sp³-hybridized carbons (Fsp3) is 0.556. The molecule has 2 aromatic rings. The molecular formula is C36H48Cl2N4O4. The van der Waals surface area contributed by atoms with E-state index in [0.29, 0.717) is 46.1 Å². The summed E-state index contributed by atoms with van der Waals surface area (Å²) in [4.78, 5) is 47.9. The highest BCUT2D eigenvalue weighted by Crippen LogP contribution is 2.45. The van der Waals surface area contributed by atoms with Gasteiger partial charge in [0, 0.05) is 53.6 Å². The van der Waals surface area contributed by atoms with Crippen molar-refractivity contribution in [2.75, 3.05) is 26.2 Å². The number of carboxylic acid groups (broad SMARTS) is 1. The van der Waals surface area contributed by atoms with E-state index in [2.05, 4.69) is 51.8 Å². The van der Waals surface area contributed by atoms with Gasteiger partial charge < -0.3 is 20.2 Å². The molecule has 0 bridgehead atoms. The van der Waals surface area contributed by atoms with E-state index < -0.39 is 11.6 Å². The van der Waals surface area contributed by atoms with E-state index >= 15 is 0 Å². The van der Waals surface area contributed by atoms with Gasteiger partial charge in [0.05, 0.1) is 12.5 Å². The third-order valence-electron chi connectivity index (χ3n) is 8.82. The van der Waals surface area contributed by atoms with E-state index in [-0.39, 0.29) is 41.7 Å². The topological polar surface area (TPSA) is 102 Å². The summed E-state index contributed by atoms with van der Waals surface area (Å²) in [7, 11) is 0. The second-order valence-corrected chi connectivity index (χ2v) is 15.9. The Bertz CT molecular complexity index is 1430. The van der Waals surface area contributed by atoms with Gasteiger partial charge in [0.1, 0.15) is 11.4 Å². The first-order valence-corrected chi connectivity index (χ1v) is 16.9. The number of aliphatic imine (C=N–C) groups is 1. The highest BCUT2D eigenvalue weighted by molar-refractivity contribution is 6.47. The van der Waals surface area contributed by atoms with Gasteiger partial charge in [-0.05, 0) is 72.5 Å². The summed E-state index contributed by atoms with van der Waals surface area (Å²) in [6, 6.07) is 12.2. The van der Waals surface area contributed by atoms with Crippen LogP contribution in [0.2, 0.25) is 10.0 Å². The summed E-state index contributed by atoms with van der Waals surface area (Å²) < 4.78 is 0. The van der Waals surface area contributed by atoms with Crippen LogP contribution in [-0.4, -0.2) is 70.2 Å². The lowest BCUT2D eigenvalue weighted by molar-refractivity contribution is -0.137.